The quantitative estimate of drug-likeness (QED) is 0.739. The van der Waals surface area contributed by atoms with Gasteiger partial charge in [0.1, 0.15) is 11.0 Å². The lowest BCUT2D eigenvalue weighted by Gasteiger charge is -2.34. The smallest absolute Gasteiger partial charge is 0.135 e. The molecule has 0 radical (unpaired) electrons. The molecule has 24 heavy (non-hydrogen) atoms. The van der Waals surface area contributed by atoms with E-state index >= 15 is 0 Å². The first-order valence-electron chi connectivity index (χ1n) is 8.48. The van der Waals surface area contributed by atoms with Gasteiger partial charge in [-0.2, -0.15) is 0 Å². The molecule has 3 aromatic rings. The van der Waals surface area contributed by atoms with Gasteiger partial charge in [-0.25, -0.2) is 4.63 Å². The Hall–Kier alpha value is -2.24. The van der Waals surface area contributed by atoms with Gasteiger partial charge in [-0.3, -0.25) is 9.80 Å². The van der Waals surface area contributed by atoms with Crippen LogP contribution in [0.4, 0.5) is 0 Å². The minimum atomic E-state index is 0.821. The van der Waals surface area contributed by atoms with E-state index in [2.05, 4.69) is 63.4 Å². The number of hydrogen-bond donors (Lipinski definition) is 0. The number of nitrogens with zero attached hydrogens (tertiary/aromatic N) is 4. The molecule has 0 atom stereocenters. The van der Waals surface area contributed by atoms with Crippen molar-refractivity contribution in [2.75, 3.05) is 26.2 Å². The molecule has 0 saturated carbocycles. The monoisotopic (exact) mass is 322 g/mol. The van der Waals surface area contributed by atoms with E-state index in [9.17, 15) is 0 Å². The Morgan fingerprint density at radius 3 is 2.21 bits per heavy atom. The maximum absolute atomic E-state index is 4.77. The van der Waals surface area contributed by atoms with E-state index in [0.29, 0.717) is 0 Å². The van der Waals surface area contributed by atoms with Gasteiger partial charge in [0.25, 0.3) is 0 Å². The van der Waals surface area contributed by atoms with Crippen molar-refractivity contribution < 1.29 is 4.63 Å². The van der Waals surface area contributed by atoms with Gasteiger partial charge in [-0.1, -0.05) is 35.9 Å². The first-order valence-corrected chi connectivity index (χ1v) is 8.48. The zero-order valence-electron chi connectivity index (χ0n) is 14.0. The van der Waals surface area contributed by atoms with Crippen molar-refractivity contribution in [1.29, 1.82) is 0 Å². The first-order chi connectivity index (χ1) is 11.8. The maximum Gasteiger partial charge on any atom is 0.135 e. The summed E-state index contributed by atoms with van der Waals surface area (Å²) in [6.45, 7) is 8.58. The van der Waals surface area contributed by atoms with E-state index < -0.39 is 0 Å². The van der Waals surface area contributed by atoms with E-state index in [4.69, 9.17) is 4.63 Å². The van der Waals surface area contributed by atoms with Crippen molar-refractivity contribution in [2.24, 2.45) is 0 Å². The highest BCUT2D eigenvalue weighted by Gasteiger charge is 2.17. The molecule has 1 fully saturated rings. The Kier molecular flexibility index (Phi) is 4.28. The fourth-order valence-electron chi connectivity index (χ4n) is 3.36. The third kappa shape index (κ3) is 3.47. The van der Waals surface area contributed by atoms with Crippen molar-refractivity contribution in [3.8, 4) is 0 Å². The summed E-state index contributed by atoms with van der Waals surface area (Å²) in [7, 11) is 0. The molecule has 1 aliphatic rings. The largest absolute Gasteiger partial charge is 0.297 e. The second-order valence-electron chi connectivity index (χ2n) is 6.63. The second-order valence-corrected chi connectivity index (χ2v) is 6.63. The second kappa shape index (κ2) is 6.71. The van der Waals surface area contributed by atoms with Crippen molar-refractivity contribution >= 4 is 11.0 Å². The predicted molar refractivity (Wildman–Crippen MR) is 93.5 cm³/mol. The highest BCUT2D eigenvalue weighted by atomic mass is 16.6. The summed E-state index contributed by atoms with van der Waals surface area (Å²) in [4.78, 5) is 5.04. The Morgan fingerprint density at radius 1 is 0.833 bits per heavy atom. The number of aromatic nitrogens is 2. The number of piperazine rings is 1. The minimum Gasteiger partial charge on any atom is -0.297 e. The van der Waals surface area contributed by atoms with Crippen LogP contribution in [0.25, 0.3) is 11.0 Å². The third-order valence-electron chi connectivity index (χ3n) is 4.68. The molecule has 124 valence electrons. The fourth-order valence-corrected chi connectivity index (χ4v) is 3.36. The molecular weight excluding hydrogens is 300 g/mol. The molecule has 1 saturated heterocycles. The zero-order valence-corrected chi connectivity index (χ0v) is 14.0. The van der Waals surface area contributed by atoms with Crippen molar-refractivity contribution in [1.82, 2.24) is 20.1 Å². The van der Waals surface area contributed by atoms with Crippen LogP contribution < -0.4 is 0 Å². The van der Waals surface area contributed by atoms with Gasteiger partial charge in [-0.15, -0.1) is 0 Å². The van der Waals surface area contributed by atoms with Crippen LogP contribution in [0.3, 0.4) is 0 Å². The average molecular weight is 322 g/mol. The summed E-state index contributed by atoms with van der Waals surface area (Å²) >= 11 is 0. The van der Waals surface area contributed by atoms with E-state index in [1.807, 2.05) is 6.07 Å². The van der Waals surface area contributed by atoms with Crippen LogP contribution in [0.5, 0.6) is 0 Å². The van der Waals surface area contributed by atoms with Crippen molar-refractivity contribution in [3.05, 3.63) is 59.2 Å². The Labute approximate surface area is 141 Å². The Balaban J connectivity index is 1.32. The van der Waals surface area contributed by atoms with Crippen molar-refractivity contribution in [3.63, 3.8) is 0 Å². The molecule has 5 nitrogen and oxygen atoms in total. The van der Waals surface area contributed by atoms with Gasteiger partial charge >= 0.3 is 0 Å². The summed E-state index contributed by atoms with van der Waals surface area (Å²) in [5, 5.41) is 7.78. The molecule has 0 unspecified atom stereocenters. The molecule has 4 rings (SSSR count). The lowest BCUT2D eigenvalue weighted by atomic mass is 10.1. The van der Waals surface area contributed by atoms with E-state index in [1.54, 1.807) is 0 Å². The zero-order chi connectivity index (χ0) is 16.4. The van der Waals surface area contributed by atoms with Gasteiger partial charge in [0.2, 0.25) is 0 Å². The summed E-state index contributed by atoms with van der Waals surface area (Å²) < 4.78 is 4.77. The van der Waals surface area contributed by atoms with Crippen LogP contribution in [-0.4, -0.2) is 46.3 Å². The van der Waals surface area contributed by atoms with Crippen LogP contribution in [0.15, 0.2) is 47.1 Å². The molecular formula is C19H22N4O. The van der Waals surface area contributed by atoms with Gasteiger partial charge in [-0.05, 0) is 40.5 Å². The minimum absolute atomic E-state index is 0.821. The first kappa shape index (κ1) is 15.3. The molecule has 0 bridgehead atoms. The Bertz CT molecular complexity index is 821. The molecule has 0 spiro atoms. The van der Waals surface area contributed by atoms with E-state index in [0.717, 1.165) is 50.3 Å². The number of rotatable bonds is 4. The Morgan fingerprint density at radius 2 is 1.50 bits per heavy atom. The molecule has 1 aliphatic heterocycles. The lowest BCUT2D eigenvalue weighted by Crippen LogP contribution is -2.45. The van der Waals surface area contributed by atoms with Crippen LogP contribution in [0, 0.1) is 6.92 Å². The number of aryl methyl sites for hydroxylation is 1. The number of hydrogen-bond acceptors (Lipinski definition) is 5. The number of benzene rings is 2. The molecule has 5 heteroatoms. The van der Waals surface area contributed by atoms with Gasteiger partial charge < -0.3 is 0 Å². The molecule has 2 aromatic carbocycles. The number of fused-ring (bicyclic) bond motifs is 1. The summed E-state index contributed by atoms with van der Waals surface area (Å²) in [6, 6.07) is 15.0. The fraction of sp³-hybridized carbons (Fsp3) is 0.368. The topological polar surface area (TPSA) is 45.4 Å². The molecule has 1 aromatic heterocycles. The van der Waals surface area contributed by atoms with Crippen LogP contribution in [-0.2, 0) is 13.1 Å². The highest BCUT2D eigenvalue weighted by molar-refractivity contribution is 5.73. The predicted octanol–water partition coefficient (Wildman–Crippen LogP) is 2.85. The van der Waals surface area contributed by atoms with Crippen molar-refractivity contribution in [2.45, 2.75) is 20.0 Å². The van der Waals surface area contributed by atoms with E-state index in [1.165, 1.54) is 16.7 Å². The third-order valence-corrected chi connectivity index (χ3v) is 4.68. The average Bonchev–Trinajstić information content (AvgIpc) is 3.04. The summed E-state index contributed by atoms with van der Waals surface area (Å²) in [5.74, 6) is 0. The maximum atomic E-state index is 4.77. The van der Waals surface area contributed by atoms with Gasteiger partial charge in [0.05, 0.1) is 0 Å². The van der Waals surface area contributed by atoms with Crippen LogP contribution in [0.1, 0.15) is 16.7 Å². The standard InChI is InChI=1S/C19H22N4O/c1-15-3-2-4-16(11-15)13-22-7-9-23(10-8-22)14-17-5-6-18-19(12-17)21-24-20-18/h2-6,11-12H,7-10,13-14H2,1H3. The van der Waals surface area contributed by atoms with Gasteiger partial charge in [0, 0.05) is 39.3 Å². The molecule has 0 aliphatic carbocycles. The highest BCUT2D eigenvalue weighted by Crippen LogP contribution is 2.15. The van der Waals surface area contributed by atoms with Gasteiger partial charge in [0.15, 0.2) is 0 Å². The molecule has 2 heterocycles. The summed E-state index contributed by atoms with van der Waals surface area (Å²) in [5.41, 5.74) is 5.67. The molecule has 0 N–H and O–H groups in total. The lowest BCUT2D eigenvalue weighted by molar-refractivity contribution is 0.122. The SMILES string of the molecule is Cc1cccc(CN2CCN(Cc3ccc4nonc4c3)CC2)c1. The van der Waals surface area contributed by atoms with Crippen LogP contribution >= 0.6 is 0 Å². The van der Waals surface area contributed by atoms with Crippen LogP contribution in [0.2, 0.25) is 0 Å². The van der Waals surface area contributed by atoms with E-state index in [-0.39, 0.29) is 0 Å². The normalized spacial score (nSPS) is 16.7. The molecule has 0 amide bonds. The summed E-state index contributed by atoms with van der Waals surface area (Å²) in [6.07, 6.45) is 0.